The molecule has 3 rings (SSSR count). The van der Waals surface area contributed by atoms with E-state index in [0.717, 1.165) is 17.7 Å². The number of nitrogens with one attached hydrogen (secondary N) is 1. The number of benzene rings is 2. The van der Waals surface area contributed by atoms with Crippen LogP contribution < -0.4 is 14.8 Å². The van der Waals surface area contributed by atoms with Crippen LogP contribution in [0.15, 0.2) is 58.6 Å². The van der Waals surface area contributed by atoms with E-state index < -0.39 is 5.91 Å². The Labute approximate surface area is 187 Å². The van der Waals surface area contributed by atoms with Crippen LogP contribution in [0.3, 0.4) is 0 Å². The van der Waals surface area contributed by atoms with Gasteiger partial charge < -0.3 is 19.3 Å². The lowest BCUT2D eigenvalue weighted by Crippen LogP contribution is -2.13. The minimum atomic E-state index is -0.551. The van der Waals surface area contributed by atoms with Gasteiger partial charge in [0.2, 0.25) is 0 Å². The molecule has 0 saturated heterocycles. The van der Waals surface area contributed by atoms with E-state index in [1.54, 1.807) is 37.3 Å². The van der Waals surface area contributed by atoms with Crippen molar-refractivity contribution in [2.45, 2.75) is 27.2 Å². The number of anilines is 1. The third kappa shape index (κ3) is 6.47. The number of nitrogens with zero attached hydrogens (tertiary/aromatic N) is 2. The van der Waals surface area contributed by atoms with Crippen molar-refractivity contribution in [1.82, 2.24) is 5.16 Å². The molecule has 0 aliphatic carbocycles. The maximum atomic E-state index is 12.2. The zero-order valence-corrected chi connectivity index (χ0v) is 18.3. The molecule has 7 nitrogen and oxygen atoms in total. The van der Waals surface area contributed by atoms with E-state index in [1.165, 1.54) is 11.6 Å². The number of nitriles is 1. The van der Waals surface area contributed by atoms with Crippen LogP contribution in [0.5, 0.6) is 11.5 Å². The molecule has 0 radical (unpaired) electrons. The lowest BCUT2D eigenvalue weighted by Gasteiger charge is -2.11. The molecule has 7 heteroatoms. The second-order valence-corrected chi connectivity index (χ2v) is 7.34. The Balaban J connectivity index is 1.47. The molecule has 0 atom stereocenters. The number of carbonyl (C=O) groups is 1. The SMILES string of the molecule is Cc1ccc(C)c(OCCCOc2ccc(/C=C(/C#N)C(=O)Nc3cc(C)on3)cc2)c1. The van der Waals surface area contributed by atoms with Gasteiger partial charge in [0.05, 0.1) is 13.2 Å². The third-order valence-corrected chi connectivity index (χ3v) is 4.58. The monoisotopic (exact) mass is 431 g/mol. The highest BCUT2D eigenvalue weighted by atomic mass is 16.5. The van der Waals surface area contributed by atoms with Crippen LogP contribution in [0.25, 0.3) is 6.08 Å². The van der Waals surface area contributed by atoms with E-state index in [1.807, 2.05) is 32.0 Å². The molecule has 32 heavy (non-hydrogen) atoms. The first-order valence-electron chi connectivity index (χ1n) is 10.2. The second kappa shape index (κ2) is 10.8. The van der Waals surface area contributed by atoms with Crippen LogP contribution in [0.1, 0.15) is 28.9 Å². The summed E-state index contributed by atoms with van der Waals surface area (Å²) in [6, 6.07) is 16.8. The van der Waals surface area contributed by atoms with Crippen molar-refractivity contribution >= 4 is 17.8 Å². The van der Waals surface area contributed by atoms with Gasteiger partial charge in [0.1, 0.15) is 28.9 Å². The quantitative estimate of drug-likeness (QED) is 0.291. The fourth-order valence-electron chi connectivity index (χ4n) is 2.88. The zero-order chi connectivity index (χ0) is 22.9. The summed E-state index contributed by atoms with van der Waals surface area (Å²) in [6.07, 6.45) is 2.25. The summed E-state index contributed by atoms with van der Waals surface area (Å²) >= 11 is 0. The van der Waals surface area contributed by atoms with Crippen LogP contribution >= 0.6 is 0 Å². The van der Waals surface area contributed by atoms with E-state index in [0.29, 0.717) is 30.3 Å². The Morgan fingerprint density at radius 3 is 2.53 bits per heavy atom. The molecule has 0 aliphatic heterocycles. The largest absolute Gasteiger partial charge is 0.493 e. The minimum Gasteiger partial charge on any atom is -0.493 e. The van der Waals surface area contributed by atoms with Crippen LogP contribution in [0.2, 0.25) is 0 Å². The van der Waals surface area contributed by atoms with Gasteiger partial charge >= 0.3 is 0 Å². The summed E-state index contributed by atoms with van der Waals surface area (Å²) in [5.74, 6) is 1.88. The van der Waals surface area contributed by atoms with E-state index in [2.05, 4.69) is 16.5 Å². The number of rotatable bonds is 9. The average Bonchev–Trinajstić information content (AvgIpc) is 3.19. The van der Waals surface area contributed by atoms with Gasteiger partial charge in [-0.1, -0.05) is 29.4 Å². The normalized spacial score (nSPS) is 11.0. The maximum Gasteiger partial charge on any atom is 0.267 e. The molecule has 1 heterocycles. The third-order valence-electron chi connectivity index (χ3n) is 4.58. The van der Waals surface area contributed by atoms with E-state index in [4.69, 9.17) is 14.0 Å². The Hall–Kier alpha value is -4.05. The fraction of sp³-hybridized carbons (Fsp3) is 0.240. The number of amides is 1. The molecule has 0 fully saturated rings. The minimum absolute atomic E-state index is 0.0390. The molecule has 3 aromatic rings. The molecule has 2 aromatic carbocycles. The lowest BCUT2D eigenvalue weighted by molar-refractivity contribution is -0.112. The van der Waals surface area contributed by atoms with E-state index in [9.17, 15) is 10.1 Å². The summed E-state index contributed by atoms with van der Waals surface area (Å²) in [5, 5.41) is 15.5. The Morgan fingerprint density at radius 1 is 1.09 bits per heavy atom. The van der Waals surface area contributed by atoms with Crippen molar-refractivity contribution in [3.05, 3.63) is 76.6 Å². The Morgan fingerprint density at radius 2 is 1.84 bits per heavy atom. The highest BCUT2D eigenvalue weighted by Gasteiger charge is 2.12. The van der Waals surface area contributed by atoms with Crippen LogP contribution in [0.4, 0.5) is 5.82 Å². The smallest absolute Gasteiger partial charge is 0.267 e. The molecule has 0 saturated carbocycles. The summed E-state index contributed by atoms with van der Waals surface area (Å²) in [4.78, 5) is 12.2. The van der Waals surface area contributed by atoms with Crippen molar-refractivity contribution < 1.29 is 18.8 Å². The van der Waals surface area contributed by atoms with Gasteiger partial charge in [-0.2, -0.15) is 5.26 Å². The molecular formula is C25H25N3O4. The number of hydrogen-bond donors (Lipinski definition) is 1. The second-order valence-electron chi connectivity index (χ2n) is 7.34. The molecule has 0 bridgehead atoms. The van der Waals surface area contributed by atoms with Gasteiger partial charge in [-0.3, -0.25) is 4.79 Å². The molecule has 164 valence electrons. The molecule has 0 aliphatic rings. The average molecular weight is 431 g/mol. The van der Waals surface area contributed by atoms with Gasteiger partial charge in [0, 0.05) is 12.5 Å². The predicted octanol–water partition coefficient (Wildman–Crippen LogP) is 4.99. The zero-order valence-electron chi connectivity index (χ0n) is 18.3. The first-order chi connectivity index (χ1) is 15.4. The van der Waals surface area contributed by atoms with Gasteiger partial charge in [-0.05, 0) is 61.7 Å². The van der Waals surface area contributed by atoms with E-state index in [-0.39, 0.29) is 11.4 Å². The van der Waals surface area contributed by atoms with Crippen molar-refractivity contribution in [1.29, 1.82) is 5.26 Å². The first kappa shape index (κ1) is 22.6. The van der Waals surface area contributed by atoms with Crippen LogP contribution in [0, 0.1) is 32.1 Å². The number of ether oxygens (including phenoxy) is 2. The van der Waals surface area contributed by atoms with E-state index >= 15 is 0 Å². The predicted molar refractivity (Wildman–Crippen MR) is 121 cm³/mol. The number of hydrogen-bond acceptors (Lipinski definition) is 6. The Bertz CT molecular complexity index is 1140. The van der Waals surface area contributed by atoms with Gasteiger partial charge in [-0.15, -0.1) is 0 Å². The topological polar surface area (TPSA) is 97.4 Å². The van der Waals surface area contributed by atoms with Crippen molar-refractivity contribution in [3.63, 3.8) is 0 Å². The maximum absolute atomic E-state index is 12.2. The number of aryl methyl sites for hydroxylation is 3. The van der Waals surface area contributed by atoms with Crippen molar-refractivity contribution in [2.75, 3.05) is 18.5 Å². The molecule has 1 amide bonds. The fourth-order valence-corrected chi connectivity index (χ4v) is 2.88. The van der Waals surface area contributed by atoms with Gasteiger partial charge in [0.15, 0.2) is 5.82 Å². The van der Waals surface area contributed by atoms with Gasteiger partial charge in [-0.25, -0.2) is 0 Å². The molecular weight excluding hydrogens is 406 g/mol. The number of carbonyl (C=O) groups excluding carboxylic acids is 1. The molecule has 1 aromatic heterocycles. The molecule has 1 N–H and O–H groups in total. The molecule has 0 unspecified atom stereocenters. The van der Waals surface area contributed by atoms with Crippen LogP contribution in [-0.2, 0) is 4.79 Å². The number of aromatic nitrogens is 1. The molecule has 0 spiro atoms. The highest BCUT2D eigenvalue weighted by molar-refractivity contribution is 6.09. The lowest BCUT2D eigenvalue weighted by atomic mass is 10.1. The summed E-state index contributed by atoms with van der Waals surface area (Å²) in [6.45, 7) is 6.86. The standard InChI is InChI=1S/C25H25N3O4/c1-17-5-6-18(2)23(13-17)31-12-4-11-30-22-9-7-20(8-10-22)15-21(16-26)25(29)27-24-14-19(3)32-28-24/h5-10,13-15H,4,11-12H2,1-3H3,(H,27,28,29)/b21-15-. The summed E-state index contributed by atoms with van der Waals surface area (Å²) in [5.41, 5.74) is 2.95. The summed E-state index contributed by atoms with van der Waals surface area (Å²) < 4.78 is 16.5. The first-order valence-corrected chi connectivity index (χ1v) is 10.2. The highest BCUT2D eigenvalue weighted by Crippen LogP contribution is 2.20. The van der Waals surface area contributed by atoms with Crippen molar-refractivity contribution in [3.8, 4) is 17.6 Å². The summed E-state index contributed by atoms with van der Waals surface area (Å²) in [7, 11) is 0. The van der Waals surface area contributed by atoms with Gasteiger partial charge in [0.25, 0.3) is 5.91 Å². The Kier molecular flexibility index (Phi) is 7.65. The van der Waals surface area contributed by atoms with Crippen LogP contribution in [-0.4, -0.2) is 24.3 Å². The van der Waals surface area contributed by atoms with Crippen molar-refractivity contribution in [2.24, 2.45) is 0 Å².